The molecule has 10 heteroatoms. The molecule has 0 unspecified atom stereocenters. The lowest BCUT2D eigenvalue weighted by atomic mass is 9.74. The van der Waals surface area contributed by atoms with E-state index in [0.29, 0.717) is 52.4 Å². The highest BCUT2D eigenvalue weighted by molar-refractivity contribution is 6.43. The second kappa shape index (κ2) is 13.2. The number of anilines is 1. The highest BCUT2D eigenvalue weighted by Gasteiger charge is 2.46. The number of hydrogen-bond donors (Lipinski definition) is 1. The Balaban J connectivity index is 1.46. The fourth-order valence-corrected chi connectivity index (χ4v) is 6.69. The summed E-state index contributed by atoms with van der Waals surface area (Å²) in [6.07, 6.45) is 4.30. The molecule has 8 nitrogen and oxygen atoms in total. The fourth-order valence-electron chi connectivity index (χ4n) is 6.30. The van der Waals surface area contributed by atoms with Crippen molar-refractivity contribution < 1.29 is 23.8 Å². The molecular weight excluding hydrogens is 601 g/mol. The van der Waals surface area contributed by atoms with E-state index < -0.39 is 11.6 Å². The number of alkyl carbamates (subject to hydrolysis) is 1. The minimum Gasteiger partial charge on any atom is -0.487 e. The van der Waals surface area contributed by atoms with Crippen LogP contribution in [0, 0.1) is 5.41 Å². The summed E-state index contributed by atoms with van der Waals surface area (Å²) in [4.78, 5) is 32.8. The molecule has 2 aliphatic rings. The molecule has 3 aromatic rings. The van der Waals surface area contributed by atoms with Gasteiger partial charge in [-0.25, -0.2) is 14.6 Å². The Morgan fingerprint density at radius 2 is 1.77 bits per heavy atom. The van der Waals surface area contributed by atoms with Crippen LogP contribution in [0.15, 0.2) is 54.6 Å². The van der Waals surface area contributed by atoms with Gasteiger partial charge in [-0.05, 0) is 63.5 Å². The molecule has 1 aromatic heterocycles. The summed E-state index contributed by atoms with van der Waals surface area (Å²) < 4.78 is 17.1. The Kier molecular flexibility index (Phi) is 9.61. The third-order valence-electron chi connectivity index (χ3n) is 8.49. The molecule has 2 heterocycles. The Bertz CT molecular complexity index is 1500. The molecule has 1 amide bonds. The number of ether oxygens (including phenoxy) is 3. The van der Waals surface area contributed by atoms with Gasteiger partial charge in [-0.3, -0.25) is 0 Å². The van der Waals surface area contributed by atoms with Gasteiger partial charge >= 0.3 is 12.1 Å². The SMILES string of the molecule is COC(=O)c1nc(-c2cccc(Cl)c2Cl)c(OCc2ccccc2)cc1N1CCC2(CCC[C@H]2NC(=O)OC(C)(C)C)CC1. The predicted molar refractivity (Wildman–Crippen MR) is 173 cm³/mol. The molecule has 5 rings (SSSR count). The Morgan fingerprint density at radius 1 is 1.05 bits per heavy atom. The number of esters is 1. The van der Waals surface area contributed by atoms with Gasteiger partial charge in [0.25, 0.3) is 0 Å². The highest BCUT2D eigenvalue weighted by Crippen LogP contribution is 2.48. The van der Waals surface area contributed by atoms with Gasteiger partial charge in [-0.2, -0.15) is 0 Å². The lowest BCUT2D eigenvalue weighted by Crippen LogP contribution is -2.51. The number of nitrogens with zero attached hydrogens (tertiary/aromatic N) is 2. The van der Waals surface area contributed by atoms with Gasteiger partial charge in [-0.1, -0.05) is 72.1 Å². The lowest BCUT2D eigenvalue weighted by molar-refractivity contribution is 0.0441. The zero-order valence-corrected chi connectivity index (χ0v) is 27.1. The van der Waals surface area contributed by atoms with E-state index in [-0.39, 0.29) is 23.2 Å². The number of rotatable bonds is 7. The zero-order valence-electron chi connectivity index (χ0n) is 25.6. The summed E-state index contributed by atoms with van der Waals surface area (Å²) in [5, 5.41) is 3.85. The maximum absolute atomic E-state index is 13.2. The van der Waals surface area contributed by atoms with Gasteiger partial charge in [0.1, 0.15) is 23.7 Å². The van der Waals surface area contributed by atoms with Gasteiger partial charge in [0, 0.05) is 30.8 Å². The van der Waals surface area contributed by atoms with E-state index in [2.05, 4.69) is 10.2 Å². The number of carbonyl (C=O) groups is 2. The number of nitrogens with one attached hydrogen (secondary N) is 1. The second-order valence-corrected chi connectivity index (χ2v) is 13.3. The van der Waals surface area contributed by atoms with E-state index >= 15 is 0 Å². The fraction of sp³-hybridized carbons (Fsp3) is 0.441. The first-order chi connectivity index (χ1) is 21.0. The summed E-state index contributed by atoms with van der Waals surface area (Å²) in [6.45, 7) is 7.25. The molecule has 234 valence electrons. The number of carbonyl (C=O) groups excluding carboxylic acids is 2. The summed E-state index contributed by atoms with van der Waals surface area (Å²) in [5.41, 5.74) is 2.16. The van der Waals surface area contributed by atoms with Crippen LogP contribution in [0.3, 0.4) is 0 Å². The molecule has 1 saturated carbocycles. The van der Waals surface area contributed by atoms with E-state index in [1.807, 2.05) is 57.2 Å². The van der Waals surface area contributed by atoms with Crippen LogP contribution >= 0.6 is 23.2 Å². The first kappa shape index (κ1) is 31.9. The van der Waals surface area contributed by atoms with Crippen LogP contribution < -0.4 is 15.0 Å². The third kappa shape index (κ3) is 7.08. The standard InChI is InChI=1S/C34H39Cl2N3O5/c1-33(2,3)44-32(41)37-27-14-9-15-34(27)16-18-39(19-17-34)25-20-26(43-21-22-10-6-5-7-11-22)29(38-30(25)31(40)42-4)23-12-8-13-24(35)28(23)36/h5-8,10-13,20,27H,9,14-19,21H2,1-4H3,(H,37,41)/t27-/m1/s1. The molecule has 2 aromatic carbocycles. The van der Waals surface area contributed by atoms with Gasteiger partial charge in [0.2, 0.25) is 0 Å². The predicted octanol–water partition coefficient (Wildman–Crippen LogP) is 8.08. The topological polar surface area (TPSA) is 90.0 Å². The summed E-state index contributed by atoms with van der Waals surface area (Å²) in [6, 6.07) is 17.0. The van der Waals surface area contributed by atoms with E-state index in [1.165, 1.54) is 7.11 Å². The molecule has 44 heavy (non-hydrogen) atoms. The van der Waals surface area contributed by atoms with Crippen LogP contribution in [0.25, 0.3) is 11.3 Å². The summed E-state index contributed by atoms with van der Waals surface area (Å²) in [5.74, 6) is -0.0778. The second-order valence-electron chi connectivity index (χ2n) is 12.5. The van der Waals surface area contributed by atoms with Crippen molar-refractivity contribution in [2.75, 3.05) is 25.1 Å². The van der Waals surface area contributed by atoms with E-state index in [0.717, 1.165) is 37.7 Å². The molecule has 1 saturated heterocycles. The first-order valence-electron chi connectivity index (χ1n) is 15.0. The number of hydrogen-bond acceptors (Lipinski definition) is 7. The highest BCUT2D eigenvalue weighted by atomic mass is 35.5. The van der Waals surface area contributed by atoms with Gasteiger partial charge in [0.05, 0.1) is 22.8 Å². The monoisotopic (exact) mass is 639 g/mol. The van der Waals surface area contributed by atoms with Crippen molar-refractivity contribution in [3.05, 3.63) is 75.9 Å². The zero-order chi connectivity index (χ0) is 31.5. The number of piperidine rings is 1. The molecule has 2 fully saturated rings. The van der Waals surface area contributed by atoms with E-state index in [1.54, 1.807) is 18.2 Å². The Morgan fingerprint density at radius 3 is 2.45 bits per heavy atom. The van der Waals surface area contributed by atoms with Gasteiger partial charge < -0.3 is 24.4 Å². The van der Waals surface area contributed by atoms with Crippen LogP contribution in [-0.4, -0.2) is 48.9 Å². The smallest absolute Gasteiger partial charge is 0.407 e. The molecule has 1 aliphatic heterocycles. The molecule has 0 radical (unpaired) electrons. The normalized spacial score (nSPS) is 17.8. The van der Waals surface area contributed by atoms with Crippen molar-refractivity contribution >= 4 is 41.0 Å². The summed E-state index contributed by atoms with van der Waals surface area (Å²) in [7, 11) is 1.34. The van der Waals surface area contributed by atoms with Crippen LogP contribution in [0.5, 0.6) is 5.75 Å². The minimum atomic E-state index is -0.557. The molecule has 1 spiro atoms. The maximum atomic E-state index is 13.2. The van der Waals surface area contributed by atoms with E-state index in [4.69, 9.17) is 42.4 Å². The lowest BCUT2D eigenvalue weighted by Gasteiger charge is -2.44. The van der Waals surface area contributed by atoms with Crippen molar-refractivity contribution in [2.45, 2.75) is 71.1 Å². The number of methoxy groups -OCH3 is 1. The average Bonchev–Trinajstić information content (AvgIpc) is 3.37. The van der Waals surface area contributed by atoms with Crippen LogP contribution in [0.4, 0.5) is 10.5 Å². The van der Waals surface area contributed by atoms with Crippen LogP contribution in [-0.2, 0) is 16.1 Å². The number of pyridine rings is 1. The third-order valence-corrected chi connectivity index (χ3v) is 9.31. The van der Waals surface area contributed by atoms with Crippen LogP contribution in [0.1, 0.15) is 68.9 Å². The largest absolute Gasteiger partial charge is 0.487 e. The molecule has 1 aliphatic carbocycles. The van der Waals surface area contributed by atoms with E-state index in [9.17, 15) is 9.59 Å². The Labute approximate surface area is 269 Å². The van der Waals surface area contributed by atoms with Crippen LogP contribution in [0.2, 0.25) is 10.0 Å². The molecular formula is C34H39Cl2N3O5. The molecule has 1 atom stereocenters. The average molecular weight is 641 g/mol. The number of halogens is 2. The summed E-state index contributed by atoms with van der Waals surface area (Å²) >= 11 is 13.0. The maximum Gasteiger partial charge on any atom is 0.407 e. The van der Waals surface area contributed by atoms with Crippen molar-refractivity contribution in [3.8, 4) is 17.0 Å². The number of amides is 1. The van der Waals surface area contributed by atoms with Gasteiger partial charge in [0.15, 0.2) is 5.69 Å². The van der Waals surface area contributed by atoms with Crippen molar-refractivity contribution in [1.29, 1.82) is 0 Å². The first-order valence-corrected chi connectivity index (χ1v) is 15.7. The van der Waals surface area contributed by atoms with Crippen molar-refractivity contribution in [1.82, 2.24) is 10.3 Å². The molecule has 0 bridgehead atoms. The number of benzene rings is 2. The quantitative estimate of drug-likeness (QED) is 0.261. The number of aromatic nitrogens is 1. The van der Waals surface area contributed by atoms with Crippen molar-refractivity contribution in [2.24, 2.45) is 5.41 Å². The molecule has 1 N–H and O–H groups in total. The minimum absolute atomic E-state index is 0.0346. The van der Waals surface area contributed by atoms with Gasteiger partial charge in [-0.15, -0.1) is 0 Å². The Hall–Kier alpha value is -3.49. The van der Waals surface area contributed by atoms with Crippen molar-refractivity contribution in [3.63, 3.8) is 0 Å².